The lowest BCUT2D eigenvalue weighted by Crippen LogP contribution is -2.03. The smallest absolute Gasteiger partial charge is 0.154 e. The predicted octanol–water partition coefficient (Wildman–Crippen LogP) is 4.08. The first-order valence-electron chi connectivity index (χ1n) is 6.59. The van der Waals surface area contributed by atoms with E-state index >= 15 is 0 Å². The average Bonchev–Trinajstić information content (AvgIpc) is 2.73. The maximum Gasteiger partial charge on any atom is 0.154 e. The third kappa shape index (κ3) is 1.98. The van der Waals surface area contributed by atoms with Crippen LogP contribution >= 0.6 is 11.6 Å². The number of rotatable bonds is 2. The molecule has 0 bridgehead atoms. The summed E-state index contributed by atoms with van der Waals surface area (Å²) in [6.07, 6.45) is 0. The molecule has 0 saturated heterocycles. The van der Waals surface area contributed by atoms with Crippen molar-refractivity contribution >= 4 is 22.5 Å². The Labute approximate surface area is 123 Å². The fraction of sp³-hybridized carbons (Fsp3) is 0.250. The summed E-state index contributed by atoms with van der Waals surface area (Å²) in [4.78, 5) is 4.71. The van der Waals surface area contributed by atoms with Gasteiger partial charge in [0.25, 0.3) is 0 Å². The Bertz CT molecular complexity index is 790. The highest BCUT2D eigenvalue weighted by Gasteiger charge is 2.12. The third-order valence-electron chi connectivity index (χ3n) is 3.80. The average molecular weight is 286 g/mol. The van der Waals surface area contributed by atoms with Crippen LogP contribution in [-0.2, 0) is 5.88 Å². The SMILES string of the molecule is Cc1nn(-c2cc(CCl)c3ccccc3n2)c(C)c1C. The van der Waals surface area contributed by atoms with E-state index in [-0.39, 0.29) is 0 Å². The molecule has 1 aromatic carbocycles. The first-order valence-corrected chi connectivity index (χ1v) is 7.13. The van der Waals surface area contributed by atoms with Crippen molar-refractivity contribution in [3.05, 3.63) is 52.8 Å². The second-order valence-electron chi connectivity index (χ2n) is 5.00. The molecule has 0 radical (unpaired) electrons. The molecule has 3 aromatic rings. The van der Waals surface area contributed by atoms with E-state index < -0.39 is 0 Å². The van der Waals surface area contributed by atoms with Crippen molar-refractivity contribution in [2.75, 3.05) is 0 Å². The van der Waals surface area contributed by atoms with Crippen LogP contribution in [0.4, 0.5) is 0 Å². The lowest BCUT2D eigenvalue weighted by atomic mass is 10.1. The molecule has 3 rings (SSSR count). The van der Waals surface area contributed by atoms with Gasteiger partial charge in [-0.05, 0) is 44.0 Å². The number of aryl methyl sites for hydroxylation is 1. The summed E-state index contributed by atoms with van der Waals surface area (Å²) in [7, 11) is 0. The van der Waals surface area contributed by atoms with Gasteiger partial charge in [0.15, 0.2) is 5.82 Å². The molecule has 2 heterocycles. The molecule has 3 nitrogen and oxygen atoms in total. The summed E-state index contributed by atoms with van der Waals surface area (Å²) in [6.45, 7) is 6.16. The van der Waals surface area contributed by atoms with Crippen LogP contribution in [0, 0.1) is 20.8 Å². The second kappa shape index (κ2) is 4.91. The second-order valence-corrected chi connectivity index (χ2v) is 5.27. The van der Waals surface area contributed by atoms with Crippen LogP contribution in [0.2, 0.25) is 0 Å². The van der Waals surface area contributed by atoms with Crippen LogP contribution in [0.3, 0.4) is 0 Å². The topological polar surface area (TPSA) is 30.7 Å². The molecule has 0 atom stereocenters. The zero-order valence-corrected chi connectivity index (χ0v) is 12.6. The van der Waals surface area contributed by atoms with Crippen molar-refractivity contribution in [1.29, 1.82) is 0 Å². The van der Waals surface area contributed by atoms with Crippen LogP contribution in [0.25, 0.3) is 16.7 Å². The van der Waals surface area contributed by atoms with Crippen molar-refractivity contribution in [2.45, 2.75) is 26.7 Å². The molecule has 102 valence electrons. The molecule has 0 aliphatic carbocycles. The highest BCUT2D eigenvalue weighted by Crippen LogP contribution is 2.23. The number of aromatic nitrogens is 3. The van der Waals surface area contributed by atoms with Gasteiger partial charge in [-0.3, -0.25) is 0 Å². The number of para-hydroxylation sites is 1. The van der Waals surface area contributed by atoms with Gasteiger partial charge in [-0.1, -0.05) is 18.2 Å². The quantitative estimate of drug-likeness (QED) is 0.664. The number of benzene rings is 1. The summed E-state index contributed by atoms with van der Waals surface area (Å²) >= 11 is 6.08. The van der Waals surface area contributed by atoms with Crippen molar-refractivity contribution in [3.8, 4) is 5.82 Å². The van der Waals surface area contributed by atoms with E-state index in [1.54, 1.807) is 0 Å². The Morgan fingerprint density at radius 3 is 2.55 bits per heavy atom. The Morgan fingerprint density at radius 1 is 1.15 bits per heavy atom. The minimum atomic E-state index is 0.467. The highest BCUT2D eigenvalue weighted by atomic mass is 35.5. The molecule has 0 amide bonds. The maximum absolute atomic E-state index is 6.08. The zero-order chi connectivity index (χ0) is 14.3. The number of alkyl halides is 1. The summed E-state index contributed by atoms with van der Waals surface area (Å²) < 4.78 is 1.90. The number of pyridine rings is 1. The largest absolute Gasteiger partial charge is 0.229 e. The van der Waals surface area contributed by atoms with Gasteiger partial charge >= 0.3 is 0 Å². The number of nitrogens with zero attached hydrogens (tertiary/aromatic N) is 3. The van der Waals surface area contributed by atoms with Gasteiger partial charge in [-0.2, -0.15) is 5.10 Å². The van der Waals surface area contributed by atoms with E-state index in [0.717, 1.165) is 33.7 Å². The number of fused-ring (bicyclic) bond motifs is 1. The molecule has 20 heavy (non-hydrogen) atoms. The Balaban J connectivity index is 2.29. The Hall–Kier alpha value is -1.87. The van der Waals surface area contributed by atoms with Crippen molar-refractivity contribution in [1.82, 2.24) is 14.8 Å². The van der Waals surface area contributed by atoms with Gasteiger partial charge in [0.2, 0.25) is 0 Å². The molecular weight excluding hydrogens is 270 g/mol. The van der Waals surface area contributed by atoms with Crippen molar-refractivity contribution < 1.29 is 0 Å². The summed E-state index contributed by atoms with van der Waals surface area (Å²) in [5, 5.41) is 5.67. The fourth-order valence-corrected chi connectivity index (χ4v) is 2.62. The number of halogens is 1. The van der Waals surface area contributed by atoms with E-state index in [1.807, 2.05) is 35.9 Å². The number of hydrogen-bond donors (Lipinski definition) is 0. The third-order valence-corrected chi connectivity index (χ3v) is 4.09. The number of hydrogen-bond acceptors (Lipinski definition) is 2. The highest BCUT2D eigenvalue weighted by molar-refractivity contribution is 6.18. The zero-order valence-electron chi connectivity index (χ0n) is 11.8. The van der Waals surface area contributed by atoms with Gasteiger partial charge in [-0.15, -0.1) is 11.6 Å². The molecule has 0 spiro atoms. The van der Waals surface area contributed by atoms with E-state index in [4.69, 9.17) is 16.6 Å². The van der Waals surface area contributed by atoms with Gasteiger partial charge < -0.3 is 0 Å². The first-order chi connectivity index (χ1) is 9.61. The van der Waals surface area contributed by atoms with E-state index in [1.165, 1.54) is 5.56 Å². The monoisotopic (exact) mass is 285 g/mol. The molecule has 4 heteroatoms. The minimum absolute atomic E-state index is 0.467. The normalized spacial score (nSPS) is 11.2. The summed E-state index contributed by atoms with van der Waals surface area (Å²) in [5.74, 6) is 1.29. The predicted molar refractivity (Wildman–Crippen MR) is 82.6 cm³/mol. The van der Waals surface area contributed by atoms with Gasteiger partial charge in [0.05, 0.1) is 11.2 Å². The molecule has 0 fully saturated rings. The molecule has 2 aromatic heterocycles. The van der Waals surface area contributed by atoms with Crippen LogP contribution in [-0.4, -0.2) is 14.8 Å². The van der Waals surface area contributed by atoms with E-state index in [9.17, 15) is 0 Å². The molecular formula is C16H16ClN3. The molecule has 0 saturated carbocycles. The molecule has 0 N–H and O–H groups in total. The van der Waals surface area contributed by atoms with Gasteiger partial charge in [0.1, 0.15) is 0 Å². The molecule has 0 unspecified atom stereocenters. The summed E-state index contributed by atoms with van der Waals surface area (Å²) in [5.41, 5.74) is 5.38. The lowest BCUT2D eigenvalue weighted by Gasteiger charge is -2.09. The maximum atomic E-state index is 6.08. The van der Waals surface area contributed by atoms with Crippen molar-refractivity contribution in [3.63, 3.8) is 0 Å². The Kier molecular flexibility index (Phi) is 3.22. The van der Waals surface area contributed by atoms with Gasteiger partial charge in [0, 0.05) is 17.0 Å². The lowest BCUT2D eigenvalue weighted by molar-refractivity contribution is 0.809. The molecule has 0 aliphatic heterocycles. The van der Waals surface area contributed by atoms with Crippen LogP contribution in [0.5, 0.6) is 0 Å². The Morgan fingerprint density at radius 2 is 1.90 bits per heavy atom. The van der Waals surface area contributed by atoms with Crippen LogP contribution in [0.15, 0.2) is 30.3 Å². The summed E-state index contributed by atoms with van der Waals surface area (Å²) in [6, 6.07) is 10.1. The van der Waals surface area contributed by atoms with Crippen LogP contribution < -0.4 is 0 Å². The first kappa shape index (κ1) is 13.1. The van der Waals surface area contributed by atoms with Crippen molar-refractivity contribution in [2.24, 2.45) is 0 Å². The van der Waals surface area contributed by atoms with E-state index in [2.05, 4.69) is 25.0 Å². The standard InChI is InChI=1S/C16H16ClN3/c1-10-11(2)19-20(12(10)3)16-8-13(9-17)14-6-4-5-7-15(14)18-16/h4-8H,9H2,1-3H3. The minimum Gasteiger partial charge on any atom is -0.229 e. The van der Waals surface area contributed by atoms with E-state index in [0.29, 0.717) is 5.88 Å². The fourth-order valence-electron chi connectivity index (χ4n) is 2.39. The van der Waals surface area contributed by atoms with Crippen LogP contribution in [0.1, 0.15) is 22.5 Å². The molecule has 0 aliphatic rings. The van der Waals surface area contributed by atoms with Gasteiger partial charge in [-0.25, -0.2) is 9.67 Å².